The molecule has 1 saturated carbocycles. The summed E-state index contributed by atoms with van der Waals surface area (Å²) in [5.74, 6) is -0.525. The first-order valence-electron chi connectivity index (χ1n) is 6.81. The number of carbonyl (C=O) groups excluding carboxylic acids is 1. The van der Waals surface area contributed by atoms with E-state index >= 15 is 0 Å². The van der Waals surface area contributed by atoms with Gasteiger partial charge in [-0.25, -0.2) is 4.39 Å². The minimum Gasteiger partial charge on any atom is -0.352 e. The first-order chi connectivity index (χ1) is 9.00. The van der Waals surface area contributed by atoms with Crippen molar-refractivity contribution in [3.05, 3.63) is 35.6 Å². The molecule has 2 rings (SSSR count). The second-order valence-electron chi connectivity index (χ2n) is 5.61. The second-order valence-corrected chi connectivity index (χ2v) is 5.61. The Hall–Kier alpha value is -1.13. The third-order valence-corrected chi connectivity index (χ3v) is 3.98. The molecular formula is C15H22ClFN2O. The van der Waals surface area contributed by atoms with E-state index in [4.69, 9.17) is 5.73 Å². The number of benzene rings is 1. The number of amides is 1. The molecular weight excluding hydrogens is 279 g/mol. The molecule has 2 atom stereocenters. The highest BCUT2D eigenvalue weighted by atomic mass is 35.5. The quantitative estimate of drug-likeness (QED) is 0.902. The van der Waals surface area contributed by atoms with E-state index in [0.717, 1.165) is 25.7 Å². The Balaban J connectivity index is 0.00000200. The van der Waals surface area contributed by atoms with Gasteiger partial charge in [0.1, 0.15) is 5.82 Å². The molecule has 0 spiro atoms. The van der Waals surface area contributed by atoms with Crippen molar-refractivity contribution in [3.8, 4) is 0 Å². The van der Waals surface area contributed by atoms with Crippen LogP contribution < -0.4 is 11.1 Å². The summed E-state index contributed by atoms with van der Waals surface area (Å²) >= 11 is 0. The molecule has 1 aromatic rings. The zero-order chi connectivity index (χ0) is 13.9. The average molecular weight is 301 g/mol. The number of carbonyl (C=O) groups is 1. The maximum Gasteiger partial charge on any atom is 0.225 e. The fourth-order valence-electron chi connectivity index (χ4n) is 2.74. The van der Waals surface area contributed by atoms with Crippen LogP contribution in [0.3, 0.4) is 0 Å². The largest absolute Gasteiger partial charge is 0.352 e. The Labute approximate surface area is 125 Å². The number of nitrogens with one attached hydrogen (secondary N) is 1. The van der Waals surface area contributed by atoms with E-state index in [0.29, 0.717) is 5.56 Å². The van der Waals surface area contributed by atoms with Crippen molar-refractivity contribution in [2.75, 3.05) is 0 Å². The molecule has 5 heteroatoms. The predicted molar refractivity (Wildman–Crippen MR) is 80.0 cm³/mol. The van der Waals surface area contributed by atoms with Gasteiger partial charge in [-0.1, -0.05) is 31.0 Å². The number of rotatable bonds is 3. The highest BCUT2D eigenvalue weighted by Crippen LogP contribution is 2.31. The number of halogens is 2. The van der Waals surface area contributed by atoms with E-state index in [1.54, 1.807) is 18.2 Å². The molecule has 0 radical (unpaired) electrons. The molecule has 0 heterocycles. The third kappa shape index (κ3) is 3.93. The van der Waals surface area contributed by atoms with Crippen LogP contribution in [-0.4, -0.2) is 11.4 Å². The lowest BCUT2D eigenvalue weighted by atomic mass is 9.74. The molecule has 1 aromatic carbocycles. The van der Waals surface area contributed by atoms with Gasteiger partial charge in [0.25, 0.3) is 0 Å². The third-order valence-electron chi connectivity index (χ3n) is 3.98. The van der Waals surface area contributed by atoms with Crippen molar-refractivity contribution < 1.29 is 9.18 Å². The summed E-state index contributed by atoms with van der Waals surface area (Å²) in [4.78, 5) is 12.2. The summed E-state index contributed by atoms with van der Waals surface area (Å²) in [5, 5.41) is 2.81. The molecule has 20 heavy (non-hydrogen) atoms. The average Bonchev–Trinajstić information content (AvgIpc) is 2.37. The van der Waals surface area contributed by atoms with E-state index in [9.17, 15) is 9.18 Å². The van der Waals surface area contributed by atoms with E-state index in [1.165, 1.54) is 6.07 Å². The van der Waals surface area contributed by atoms with Crippen LogP contribution in [0, 0.1) is 11.7 Å². The van der Waals surface area contributed by atoms with Gasteiger partial charge in [-0.2, -0.15) is 0 Å². The Morgan fingerprint density at radius 1 is 1.45 bits per heavy atom. The van der Waals surface area contributed by atoms with Gasteiger partial charge in [0, 0.05) is 17.6 Å². The summed E-state index contributed by atoms with van der Waals surface area (Å²) in [7, 11) is 0. The van der Waals surface area contributed by atoms with Crippen molar-refractivity contribution in [2.45, 2.75) is 44.7 Å². The van der Waals surface area contributed by atoms with E-state index in [2.05, 4.69) is 5.32 Å². The van der Waals surface area contributed by atoms with Crippen LogP contribution in [0.5, 0.6) is 0 Å². The van der Waals surface area contributed by atoms with Crippen LogP contribution in [-0.2, 0) is 11.3 Å². The molecule has 0 aromatic heterocycles. The summed E-state index contributed by atoms with van der Waals surface area (Å²) in [6.07, 6.45) is 3.79. The van der Waals surface area contributed by atoms with Gasteiger partial charge in [0.2, 0.25) is 5.91 Å². The fourth-order valence-corrected chi connectivity index (χ4v) is 2.74. The van der Waals surface area contributed by atoms with Crippen LogP contribution in [0.1, 0.15) is 38.2 Å². The van der Waals surface area contributed by atoms with Gasteiger partial charge < -0.3 is 11.1 Å². The first-order valence-corrected chi connectivity index (χ1v) is 6.81. The molecule has 1 aliphatic carbocycles. The lowest BCUT2D eigenvalue weighted by molar-refractivity contribution is -0.128. The fraction of sp³-hybridized carbons (Fsp3) is 0.533. The molecule has 3 N–H and O–H groups in total. The predicted octanol–water partition coefficient (Wildman–Crippen LogP) is 2.77. The van der Waals surface area contributed by atoms with Crippen molar-refractivity contribution in [1.82, 2.24) is 5.32 Å². The molecule has 0 saturated heterocycles. The van der Waals surface area contributed by atoms with Crippen LogP contribution >= 0.6 is 12.4 Å². The number of hydrogen-bond acceptors (Lipinski definition) is 2. The molecule has 1 aliphatic rings. The lowest BCUT2D eigenvalue weighted by Crippen LogP contribution is -2.52. The molecule has 3 nitrogen and oxygen atoms in total. The SMILES string of the molecule is CC1(N)CCCCC1C(=O)NCc1ccccc1F.Cl. The van der Waals surface area contributed by atoms with Crippen LogP contribution in [0.25, 0.3) is 0 Å². The Bertz CT molecular complexity index is 465. The van der Waals surface area contributed by atoms with Crippen molar-refractivity contribution in [2.24, 2.45) is 11.7 Å². The minimum absolute atomic E-state index is 0. The van der Waals surface area contributed by atoms with Gasteiger partial charge >= 0.3 is 0 Å². The summed E-state index contributed by atoms with van der Waals surface area (Å²) in [6, 6.07) is 6.48. The van der Waals surface area contributed by atoms with Crippen molar-refractivity contribution in [3.63, 3.8) is 0 Å². The number of hydrogen-bond donors (Lipinski definition) is 2. The topological polar surface area (TPSA) is 55.1 Å². The monoisotopic (exact) mass is 300 g/mol. The molecule has 112 valence electrons. The number of nitrogens with two attached hydrogens (primary N) is 1. The highest BCUT2D eigenvalue weighted by molar-refractivity contribution is 5.85. The molecule has 0 aliphatic heterocycles. The van der Waals surface area contributed by atoms with Crippen LogP contribution in [0.15, 0.2) is 24.3 Å². The zero-order valence-electron chi connectivity index (χ0n) is 11.7. The van der Waals surface area contributed by atoms with Crippen LogP contribution in [0.4, 0.5) is 4.39 Å². The first kappa shape index (κ1) is 16.9. The molecule has 2 unspecified atom stereocenters. The van der Waals surface area contributed by atoms with E-state index in [1.807, 2.05) is 6.92 Å². The lowest BCUT2D eigenvalue weighted by Gasteiger charge is -2.37. The second kappa shape index (κ2) is 7.04. The maximum atomic E-state index is 13.5. The summed E-state index contributed by atoms with van der Waals surface area (Å²) in [6.45, 7) is 2.15. The summed E-state index contributed by atoms with van der Waals surface area (Å²) in [5.41, 5.74) is 6.25. The van der Waals surface area contributed by atoms with Gasteiger partial charge in [0.05, 0.1) is 5.92 Å². The van der Waals surface area contributed by atoms with E-state index < -0.39 is 5.54 Å². The molecule has 1 amide bonds. The standard InChI is InChI=1S/C15H21FN2O.ClH/c1-15(17)9-5-4-7-12(15)14(19)18-10-11-6-2-3-8-13(11)16;/h2-3,6,8,12H,4-5,7,9-10,17H2,1H3,(H,18,19);1H. The van der Waals surface area contributed by atoms with Gasteiger partial charge in [0.15, 0.2) is 0 Å². The van der Waals surface area contributed by atoms with Gasteiger partial charge in [-0.15, -0.1) is 12.4 Å². The van der Waals surface area contributed by atoms with E-state index in [-0.39, 0.29) is 36.6 Å². The Morgan fingerprint density at radius 3 is 2.80 bits per heavy atom. The van der Waals surface area contributed by atoms with Crippen molar-refractivity contribution in [1.29, 1.82) is 0 Å². The van der Waals surface area contributed by atoms with Gasteiger partial charge in [-0.3, -0.25) is 4.79 Å². The Kier molecular flexibility index (Phi) is 5.96. The smallest absolute Gasteiger partial charge is 0.225 e. The normalized spacial score (nSPS) is 25.6. The van der Waals surface area contributed by atoms with Gasteiger partial charge in [-0.05, 0) is 25.8 Å². The molecule has 1 fully saturated rings. The van der Waals surface area contributed by atoms with Crippen molar-refractivity contribution >= 4 is 18.3 Å². The Morgan fingerprint density at radius 2 is 2.15 bits per heavy atom. The van der Waals surface area contributed by atoms with Crippen LogP contribution in [0.2, 0.25) is 0 Å². The highest BCUT2D eigenvalue weighted by Gasteiger charge is 2.37. The molecule has 0 bridgehead atoms. The summed E-state index contributed by atoms with van der Waals surface area (Å²) < 4.78 is 13.5. The minimum atomic E-state index is -0.447. The maximum absolute atomic E-state index is 13.5. The zero-order valence-corrected chi connectivity index (χ0v) is 12.5.